The molecule has 19 heavy (non-hydrogen) atoms. The Morgan fingerprint density at radius 3 is 2.74 bits per heavy atom. The third kappa shape index (κ3) is 3.24. The Kier molecular flexibility index (Phi) is 4.75. The van der Waals surface area contributed by atoms with Crippen molar-refractivity contribution >= 4 is 23.2 Å². The Bertz CT molecular complexity index is 575. The first kappa shape index (κ1) is 14.3. The van der Waals surface area contributed by atoms with E-state index in [2.05, 4.69) is 10.3 Å². The lowest BCUT2D eigenvalue weighted by Crippen LogP contribution is -2.23. The van der Waals surface area contributed by atoms with Crippen LogP contribution in [-0.2, 0) is 0 Å². The molecular formula is C14H13Cl2FN2. The SMILES string of the molecule is CCNC(c1ccncc1F)c1cc(Cl)ccc1Cl. The zero-order valence-electron chi connectivity index (χ0n) is 10.3. The molecule has 2 aromatic rings. The Morgan fingerprint density at radius 1 is 1.26 bits per heavy atom. The Morgan fingerprint density at radius 2 is 2.05 bits per heavy atom. The second kappa shape index (κ2) is 6.33. The van der Waals surface area contributed by atoms with E-state index in [1.165, 1.54) is 6.20 Å². The van der Waals surface area contributed by atoms with Gasteiger partial charge in [0.05, 0.1) is 12.2 Å². The summed E-state index contributed by atoms with van der Waals surface area (Å²) in [5, 5.41) is 4.33. The van der Waals surface area contributed by atoms with E-state index in [1.54, 1.807) is 30.5 Å². The van der Waals surface area contributed by atoms with Crippen molar-refractivity contribution < 1.29 is 4.39 Å². The summed E-state index contributed by atoms with van der Waals surface area (Å²) >= 11 is 12.2. The molecule has 0 aliphatic heterocycles. The maximum atomic E-state index is 13.9. The van der Waals surface area contributed by atoms with Gasteiger partial charge in [0.2, 0.25) is 0 Å². The molecule has 0 radical (unpaired) electrons. The maximum Gasteiger partial charge on any atom is 0.146 e. The van der Waals surface area contributed by atoms with Crippen molar-refractivity contribution in [3.8, 4) is 0 Å². The molecule has 100 valence electrons. The molecule has 0 bridgehead atoms. The van der Waals surface area contributed by atoms with Crippen molar-refractivity contribution in [3.05, 3.63) is 63.6 Å². The van der Waals surface area contributed by atoms with Crippen molar-refractivity contribution in [2.24, 2.45) is 0 Å². The number of pyridine rings is 1. The molecule has 2 rings (SSSR count). The van der Waals surface area contributed by atoms with E-state index in [-0.39, 0.29) is 11.9 Å². The maximum absolute atomic E-state index is 13.9. The standard InChI is InChI=1S/C14H13Cl2FN2/c1-2-19-14(10-5-6-18-8-13(10)17)11-7-9(15)3-4-12(11)16/h3-8,14,19H,2H2,1H3. The summed E-state index contributed by atoms with van der Waals surface area (Å²) in [5.41, 5.74) is 1.25. The van der Waals surface area contributed by atoms with E-state index >= 15 is 0 Å². The molecule has 1 N–H and O–H groups in total. The van der Waals surface area contributed by atoms with Crippen LogP contribution in [-0.4, -0.2) is 11.5 Å². The molecule has 0 aliphatic carbocycles. The molecule has 0 saturated carbocycles. The average Bonchev–Trinajstić information content (AvgIpc) is 2.40. The highest BCUT2D eigenvalue weighted by Gasteiger charge is 2.19. The molecule has 1 aromatic carbocycles. The molecule has 2 nitrogen and oxygen atoms in total. The fraction of sp³-hybridized carbons (Fsp3) is 0.214. The highest BCUT2D eigenvalue weighted by molar-refractivity contribution is 6.33. The summed E-state index contributed by atoms with van der Waals surface area (Å²) in [4.78, 5) is 3.76. The van der Waals surface area contributed by atoms with Gasteiger partial charge in [-0.2, -0.15) is 0 Å². The van der Waals surface area contributed by atoms with E-state index in [4.69, 9.17) is 23.2 Å². The van der Waals surface area contributed by atoms with Crippen molar-refractivity contribution in [2.75, 3.05) is 6.54 Å². The largest absolute Gasteiger partial charge is 0.306 e. The van der Waals surface area contributed by atoms with Gasteiger partial charge in [-0.3, -0.25) is 4.98 Å². The number of nitrogens with zero attached hydrogens (tertiary/aromatic N) is 1. The Hall–Kier alpha value is -1.16. The van der Waals surface area contributed by atoms with Crippen LogP contribution in [0.3, 0.4) is 0 Å². The van der Waals surface area contributed by atoms with Gasteiger partial charge in [0.25, 0.3) is 0 Å². The van der Waals surface area contributed by atoms with Crippen molar-refractivity contribution in [1.29, 1.82) is 0 Å². The highest BCUT2D eigenvalue weighted by Crippen LogP contribution is 2.31. The normalized spacial score (nSPS) is 12.4. The van der Waals surface area contributed by atoms with Crippen LogP contribution in [0.15, 0.2) is 36.7 Å². The van der Waals surface area contributed by atoms with E-state index in [9.17, 15) is 4.39 Å². The summed E-state index contributed by atoms with van der Waals surface area (Å²) in [6, 6.07) is 6.46. The minimum atomic E-state index is -0.371. The first-order valence-corrected chi connectivity index (χ1v) is 6.66. The van der Waals surface area contributed by atoms with Gasteiger partial charge in [-0.15, -0.1) is 0 Å². The van der Waals surface area contributed by atoms with Gasteiger partial charge < -0.3 is 5.32 Å². The van der Waals surface area contributed by atoms with Gasteiger partial charge in [-0.25, -0.2) is 4.39 Å². The van der Waals surface area contributed by atoms with Gasteiger partial charge in [0.1, 0.15) is 5.82 Å². The fourth-order valence-electron chi connectivity index (χ4n) is 1.95. The van der Waals surface area contributed by atoms with Crippen LogP contribution in [0, 0.1) is 5.82 Å². The van der Waals surface area contributed by atoms with E-state index in [0.717, 1.165) is 5.56 Å². The minimum Gasteiger partial charge on any atom is -0.306 e. The zero-order valence-corrected chi connectivity index (χ0v) is 11.8. The quantitative estimate of drug-likeness (QED) is 0.914. The molecule has 1 heterocycles. The van der Waals surface area contributed by atoms with Crippen LogP contribution in [0.25, 0.3) is 0 Å². The average molecular weight is 299 g/mol. The van der Waals surface area contributed by atoms with Crippen LogP contribution in [0.4, 0.5) is 4.39 Å². The summed E-state index contributed by atoms with van der Waals surface area (Å²) in [5.74, 6) is -0.371. The number of halogens is 3. The molecule has 5 heteroatoms. The molecule has 1 atom stereocenters. The Labute approximate surface area is 121 Å². The number of rotatable bonds is 4. The molecule has 0 fully saturated rings. The van der Waals surface area contributed by atoms with Crippen LogP contribution in [0.2, 0.25) is 10.0 Å². The molecular weight excluding hydrogens is 286 g/mol. The number of hydrogen-bond donors (Lipinski definition) is 1. The lowest BCUT2D eigenvalue weighted by atomic mass is 9.99. The van der Waals surface area contributed by atoms with E-state index in [1.807, 2.05) is 6.92 Å². The highest BCUT2D eigenvalue weighted by atomic mass is 35.5. The summed E-state index contributed by atoms with van der Waals surface area (Å²) in [7, 11) is 0. The van der Waals surface area contributed by atoms with E-state index < -0.39 is 0 Å². The molecule has 1 unspecified atom stereocenters. The predicted octanol–water partition coefficient (Wildman–Crippen LogP) is 4.23. The molecule has 0 aliphatic rings. The molecule has 0 saturated heterocycles. The number of benzene rings is 1. The molecule has 1 aromatic heterocycles. The van der Waals surface area contributed by atoms with Crippen molar-refractivity contribution in [1.82, 2.24) is 10.3 Å². The topological polar surface area (TPSA) is 24.9 Å². The van der Waals surface area contributed by atoms with Crippen LogP contribution >= 0.6 is 23.2 Å². The summed E-state index contributed by atoms with van der Waals surface area (Å²) < 4.78 is 13.9. The van der Waals surface area contributed by atoms with Gasteiger partial charge in [-0.05, 0) is 36.4 Å². The molecule has 0 amide bonds. The fourth-order valence-corrected chi connectivity index (χ4v) is 2.35. The second-order valence-corrected chi connectivity index (χ2v) is 4.90. The molecule has 0 spiro atoms. The van der Waals surface area contributed by atoms with Crippen molar-refractivity contribution in [3.63, 3.8) is 0 Å². The summed E-state index contributed by atoms with van der Waals surface area (Å²) in [6.07, 6.45) is 2.75. The lowest BCUT2D eigenvalue weighted by Gasteiger charge is -2.20. The summed E-state index contributed by atoms with van der Waals surface area (Å²) in [6.45, 7) is 2.62. The van der Waals surface area contributed by atoms with Gasteiger partial charge in [0, 0.05) is 21.8 Å². The van der Waals surface area contributed by atoms with Gasteiger partial charge in [-0.1, -0.05) is 30.1 Å². The minimum absolute atomic E-state index is 0.348. The first-order chi connectivity index (χ1) is 9.13. The third-order valence-corrected chi connectivity index (χ3v) is 3.37. The lowest BCUT2D eigenvalue weighted by molar-refractivity contribution is 0.555. The van der Waals surface area contributed by atoms with Gasteiger partial charge >= 0.3 is 0 Å². The monoisotopic (exact) mass is 298 g/mol. The van der Waals surface area contributed by atoms with Crippen LogP contribution < -0.4 is 5.32 Å². The third-order valence-electron chi connectivity index (χ3n) is 2.79. The van der Waals surface area contributed by atoms with Crippen LogP contribution in [0.5, 0.6) is 0 Å². The van der Waals surface area contributed by atoms with Crippen molar-refractivity contribution in [2.45, 2.75) is 13.0 Å². The number of aromatic nitrogens is 1. The smallest absolute Gasteiger partial charge is 0.146 e. The predicted molar refractivity (Wildman–Crippen MR) is 76.2 cm³/mol. The number of nitrogens with one attached hydrogen (secondary N) is 1. The van der Waals surface area contributed by atoms with E-state index in [0.29, 0.717) is 22.2 Å². The van der Waals surface area contributed by atoms with Gasteiger partial charge in [0.15, 0.2) is 0 Å². The second-order valence-electron chi connectivity index (χ2n) is 4.05. The van der Waals surface area contributed by atoms with Crippen LogP contribution in [0.1, 0.15) is 24.1 Å². The Balaban J connectivity index is 2.51. The zero-order chi connectivity index (χ0) is 13.8. The first-order valence-electron chi connectivity index (χ1n) is 5.91. The number of hydrogen-bond acceptors (Lipinski definition) is 2.